The third-order valence-corrected chi connectivity index (χ3v) is 3.69. The lowest BCUT2D eigenvalue weighted by molar-refractivity contribution is 0.0601. The number of rotatable bonds is 8. The van der Waals surface area contributed by atoms with Crippen LogP contribution in [0, 0.1) is 6.92 Å². The maximum Gasteiger partial charge on any atom is 0.337 e. The zero-order chi connectivity index (χ0) is 18.2. The molecule has 6 nitrogen and oxygen atoms in total. The van der Waals surface area contributed by atoms with Crippen molar-refractivity contribution in [3.8, 4) is 0 Å². The number of nitrogens with zero attached hydrogens (tertiary/aromatic N) is 3. The first kappa shape index (κ1) is 18.7. The van der Waals surface area contributed by atoms with Gasteiger partial charge in [-0.2, -0.15) is 4.98 Å². The van der Waals surface area contributed by atoms with Gasteiger partial charge in [0.15, 0.2) is 0 Å². The van der Waals surface area contributed by atoms with Crippen LogP contribution in [0.5, 0.6) is 0 Å². The van der Waals surface area contributed by atoms with E-state index in [1.807, 2.05) is 19.1 Å². The highest BCUT2D eigenvalue weighted by Gasteiger charge is 2.11. The Kier molecular flexibility index (Phi) is 6.74. The second-order valence-corrected chi connectivity index (χ2v) is 5.88. The van der Waals surface area contributed by atoms with E-state index in [4.69, 9.17) is 4.74 Å². The second-order valence-electron chi connectivity index (χ2n) is 5.88. The minimum Gasteiger partial charge on any atom is -0.465 e. The quantitative estimate of drug-likeness (QED) is 0.733. The third kappa shape index (κ3) is 5.17. The fourth-order valence-electron chi connectivity index (χ4n) is 2.62. The lowest BCUT2D eigenvalue weighted by atomic mass is 10.2. The molecule has 25 heavy (non-hydrogen) atoms. The molecule has 1 aromatic carbocycles. The highest BCUT2D eigenvalue weighted by Crippen LogP contribution is 2.20. The van der Waals surface area contributed by atoms with Gasteiger partial charge in [0.1, 0.15) is 5.82 Å². The van der Waals surface area contributed by atoms with Crippen molar-refractivity contribution in [2.45, 2.75) is 33.6 Å². The number of carbonyl (C=O) groups is 1. The van der Waals surface area contributed by atoms with E-state index >= 15 is 0 Å². The van der Waals surface area contributed by atoms with E-state index in [0.29, 0.717) is 11.5 Å². The zero-order valence-corrected chi connectivity index (χ0v) is 15.4. The molecule has 0 unspecified atom stereocenters. The van der Waals surface area contributed by atoms with E-state index in [0.717, 1.165) is 43.1 Å². The summed E-state index contributed by atoms with van der Waals surface area (Å²) >= 11 is 0. The van der Waals surface area contributed by atoms with E-state index in [1.165, 1.54) is 7.11 Å². The van der Waals surface area contributed by atoms with Crippen LogP contribution in [0.4, 0.5) is 17.5 Å². The fraction of sp³-hybridized carbons (Fsp3) is 0.421. The summed E-state index contributed by atoms with van der Waals surface area (Å²) < 4.78 is 4.76. The van der Waals surface area contributed by atoms with E-state index in [1.54, 1.807) is 18.2 Å². The SMILES string of the molecule is CCCN(CCC)c1cc(C)nc(Nc2cccc(C(=O)OC)c2)n1. The smallest absolute Gasteiger partial charge is 0.337 e. The molecular weight excluding hydrogens is 316 g/mol. The summed E-state index contributed by atoms with van der Waals surface area (Å²) in [5, 5.41) is 3.19. The van der Waals surface area contributed by atoms with Gasteiger partial charge in [0.05, 0.1) is 12.7 Å². The van der Waals surface area contributed by atoms with E-state index < -0.39 is 0 Å². The summed E-state index contributed by atoms with van der Waals surface area (Å²) in [6, 6.07) is 9.11. The molecule has 0 atom stereocenters. The first-order chi connectivity index (χ1) is 12.1. The Balaban J connectivity index is 2.26. The minimum absolute atomic E-state index is 0.369. The van der Waals surface area contributed by atoms with Crippen molar-refractivity contribution in [3.05, 3.63) is 41.6 Å². The predicted molar refractivity (Wildman–Crippen MR) is 101 cm³/mol. The zero-order valence-electron chi connectivity index (χ0n) is 15.4. The van der Waals surface area contributed by atoms with Gasteiger partial charge in [-0.3, -0.25) is 0 Å². The van der Waals surface area contributed by atoms with Crippen molar-refractivity contribution in [1.82, 2.24) is 9.97 Å². The lowest BCUT2D eigenvalue weighted by Gasteiger charge is -2.23. The van der Waals surface area contributed by atoms with Crippen LogP contribution in [0.15, 0.2) is 30.3 Å². The van der Waals surface area contributed by atoms with Crippen LogP contribution in [0.1, 0.15) is 42.7 Å². The Morgan fingerprint density at radius 2 is 1.88 bits per heavy atom. The molecule has 0 fully saturated rings. The molecule has 0 aliphatic rings. The Hall–Kier alpha value is -2.63. The van der Waals surface area contributed by atoms with Gasteiger partial charge in [-0.05, 0) is 38.0 Å². The van der Waals surface area contributed by atoms with Crippen LogP contribution in [0.3, 0.4) is 0 Å². The summed E-state index contributed by atoms with van der Waals surface area (Å²) in [5.41, 5.74) is 2.13. The Morgan fingerprint density at radius 3 is 2.52 bits per heavy atom. The maximum absolute atomic E-state index is 11.7. The molecule has 1 heterocycles. The molecule has 6 heteroatoms. The number of hydrogen-bond acceptors (Lipinski definition) is 6. The number of ether oxygens (including phenoxy) is 1. The summed E-state index contributed by atoms with van der Waals surface area (Å²) in [5.74, 6) is 1.07. The lowest BCUT2D eigenvalue weighted by Crippen LogP contribution is -2.26. The highest BCUT2D eigenvalue weighted by atomic mass is 16.5. The van der Waals surface area contributed by atoms with Gasteiger partial charge >= 0.3 is 5.97 Å². The molecule has 0 saturated heterocycles. The number of benzene rings is 1. The van der Waals surface area contributed by atoms with Crippen molar-refractivity contribution in [3.63, 3.8) is 0 Å². The summed E-state index contributed by atoms with van der Waals surface area (Å²) in [6.45, 7) is 8.20. The minimum atomic E-state index is -0.369. The topological polar surface area (TPSA) is 67.4 Å². The van der Waals surface area contributed by atoms with E-state index in [2.05, 4.69) is 34.0 Å². The number of esters is 1. The van der Waals surface area contributed by atoms with Gasteiger partial charge in [-0.1, -0.05) is 19.9 Å². The van der Waals surface area contributed by atoms with Gasteiger partial charge in [-0.25, -0.2) is 9.78 Å². The van der Waals surface area contributed by atoms with Gasteiger partial charge in [0.2, 0.25) is 5.95 Å². The molecular formula is C19H26N4O2. The standard InChI is InChI=1S/C19H26N4O2/c1-5-10-23(11-6-2)17-12-14(3)20-19(22-17)21-16-9-7-8-15(13-16)18(24)25-4/h7-9,12-13H,5-6,10-11H2,1-4H3,(H,20,21,22). The highest BCUT2D eigenvalue weighted by molar-refractivity contribution is 5.90. The van der Waals surface area contributed by atoms with Crippen molar-refractivity contribution in [2.75, 3.05) is 30.4 Å². The van der Waals surface area contributed by atoms with Gasteiger partial charge in [-0.15, -0.1) is 0 Å². The number of carbonyl (C=O) groups excluding carboxylic acids is 1. The van der Waals surface area contributed by atoms with Crippen LogP contribution >= 0.6 is 0 Å². The molecule has 0 saturated carbocycles. The van der Waals surface area contributed by atoms with E-state index in [-0.39, 0.29) is 5.97 Å². The number of methoxy groups -OCH3 is 1. The van der Waals surface area contributed by atoms with Gasteiger partial charge < -0.3 is 15.0 Å². The molecule has 0 spiro atoms. The molecule has 1 N–H and O–H groups in total. The largest absolute Gasteiger partial charge is 0.465 e. The molecule has 0 amide bonds. The Morgan fingerprint density at radius 1 is 1.16 bits per heavy atom. The number of aryl methyl sites for hydroxylation is 1. The number of hydrogen-bond donors (Lipinski definition) is 1. The van der Waals surface area contributed by atoms with Crippen LogP contribution in [-0.4, -0.2) is 36.1 Å². The number of anilines is 3. The second kappa shape index (κ2) is 9.01. The fourth-order valence-corrected chi connectivity index (χ4v) is 2.62. The van der Waals surface area contributed by atoms with E-state index in [9.17, 15) is 4.79 Å². The summed E-state index contributed by atoms with van der Waals surface area (Å²) in [6.07, 6.45) is 2.12. The van der Waals surface area contributed by atoms with Crippen molar-refractivity contribution < 1.29 is 9.53 Å². The normalized spacial score (nSPS) is 10.4. The van der Waals surface area contributed by atoms with Crippen molar-refractivity contribution in [1.29, 1.82) is 0 Å². The molecule has 2 aromatic rings. The summed E-state index contributed by atoms with van der Waals surface area (Å²) in [7, 11) is 1.37. The first-order valence-electron chi connectivity index (χ1n) is 8.63. The van der Waals surface area contributed by atoms with Gasteiger partial charge in [0.25, 0.3) is 0 Å². The molecule has 0 aliphatic carbocycles. The molecule has 1 aromatic heterocycles. The average Bonchev–Trinajstić information content (AvgIpc) is 2.60. The van der Waals surface area contributed by atoms with Crippen LogP contribution in [-0.2, 0) is 4.74 Å². The van der Waals surface area contributed by atoms with Crippen molar-refractivity contribution in [2.24, 2.45) is 0 Å². The molecule has 0 radical (unpaired) electrons. The molecule has 134 valence electrons. The molecule has 0 aliphatic heterocycles. The van der Waals surface area contributed by atoms with Crippen molar-refractivity contribution >= 4 is 23.4 Å². The monoisotopic (exact) mass is 342 g/mol. The Bertz CT molecular complexity index is 712. The van der Waals surface area contributed by atoms with Gasteiger partial charge in [0, 0.05) is 30.5 Å². The Labute approximate surface area is 149 Å². The predicted octanol–water partition coefficient (Wildman–Crippen LogP) is 3.94. The first-order valence-corrected chi connectivity index (χ1v) is 8.63. The summed E-state index contributed by atoms with van der Waals surface area (Å²) in [4.78, 5) is 23.1. The maximum atomic E-state index is 11.7. The molecule has 0 bridgehead atoms. The third-order valence-electron chi connectivity index (χ3n) is 3.69. The van der Waals surface area contributed by atoms with Crippen LogP contribution < -0.4 is 10.2 Å². The van der Waals surface area contributed by atoms with Crippen LogP contribution in [0.2, 0.25) is 0 Å². The number of aromatic nitrogens is 2. The van der Waals surface area contributed by atoms with Crippen LogP contribution in [0.25, 0.3) is 0 Å². The number of nitrogens with one attached hydrogen (secondary N) is 1. The molecule has 2 rings (SSSR count). The average molecular weight is 342 g/mol.